The molecule has 0 unspecified atom stereocenters. The molecule has 0 bridgehead atoms. The Labute approximate surface area is 158 Å². The molecular weight excluding hydrogens is 396 g/mol. The summed E-state index contributed by atoms with van der Waals surface area (Å²) in [6, 6.07) is 4.62. The van der Waals surface area contributed by atoms with Crippen molar-refractivity contribution in [3.63, 3.8) is 0 Å². The molecule has 26 heavy (non-hydrogen) atoms. The van der Waals surface area contributed by atoms with E-state index in [4.69, 9.17) is 27.9 Å². The number of hydrogen-bond acceptors (Lipinski definition) is 3. The molecule has 2 rings (SSSR count). The highest BCUT2D eigenvalue weighted by molar-refractivity contribution is 6.35. The Morgan fingerprint density at radius 2 is 1.88 bits per heavy atom. The minimum atomic E-state index is -4.85. The summed E-state index contributed by atoms with van der Waals surface area (Å²) in [5, 5.41) is 3.40. The number of hydrogen-bond donors (Lipinski definition) is 1. The van der Waals surface area contributed by atoms with Crippen molar-refractivity contribution in [2.24, 2.45) is 5.92 Å². The topological polar surface area (TPSA) is 58.6 Å². The number of carbonyl (C=O) groups excluding carboxylic acids is 2. The van der Waals surface area contributed by atoms with Gasteiger partial charge in [-0.3, -0.25) is 9.59 Å². The van der Waals surface area contributed by atoms with Crippen molar-refractivity contribution >= 4 is 35.0 Å². The molecule has 1 fully saturated rings. The quantitative estimate of drug-likeness (QED) is 0.806. The first kappa shape index (κ1) is 20.6. The maximum atomic E-state index is 12.4. The van der Waals surface area contributed by atoms with E-state index in [1.54, 1.807) is 12.1 Å². The van der Waals surface area contributed by atoms with Crippen LogP contribution in [0.15, 0.2) is 18.2 Å². The standard InChI is InChI=1S/C16H17Cl2F3N2O3/c17-11-1-2-13(12(18)7-11)26-9-14(24)22-8-10-3-5-23(6-4-10)15(25)16(19,20)21/h1-2,7,10H,3-6,8-9H2,(H,22,24). The van der Waals surface area contributed by atoms with Crippen LogP contribution in [-0.4, -0.2) is 49.1 Å². The fourth-order valence-electron chi connectivity index (χ4n) is 2.56. The first-order valence-electron chi connectivity index (χ1n) is 7.87. The number of amides is 2. The summed E-state index contributed by atoms with van der Waals surface area (Å²) in [7, 11) is 0. The van der Waals surface area contributed by atoms with Crippen molar-refractivity contribution in [3.8, 4) is 5.75 Å². The Balaban J connectivity index is 1.69. The Hall–Kier alpha value is -1.67. The summed E-state index contributed by atoms with van der Waals surface area (Å²) in [5.74, 6) is -1.85. The van der Waals surface area contributed by atoms with Crippen molar-refractivity contribution in [3.05, 3.63) is 28.2 Å². The third-order valence-corrected chi connectivity index (χ3v) is 4.52. The number of halogens is 5. The molecule has 1 saturated heterocycles. The van der Waals surface area contributed by atoms with Gasteiger partial charge in [-0.2, -0.15) is 13.2 Å². The van der Waals surface area contributed by atoms with Crippen molar-refractivity contribution in [2.75, 3.05) is 26.2 Å². The predicted molar refractivity (Wildman–Crippen MR) is 90.3 cm³/mol. The zero-order chi connectivity index (χ0) is 19.3. The van der Waals surface area contributed by atoms with Crippen molar-refractivity contribution in [1.29, 1.82) is 0 Å². The highest BCUT2D eigenvalue weighted by Gasteiger charge is 2.43. The SMILES string of the molecule is O=C(COc1ccc(Cl)cc1Cl)NCC1CCN(C(=O)C(F)(F)F)CC1. The molecule has 1 aliphatic heterocycles. The first-order valence-corrected chi connectivity index (χ1v) is 8.63. The Morgan fingerprint density at radius 3 is 2.46 bits per heavy atom. The van der Waals surface area contributed by atoms with E-state index in [1.165, 1.54) is 6.07 Å². The highest BCUT2D eigenvalue weighted by atomic mass is 35.5. The number of ether oxygens (including phenoxy) is 1. The van der Waals surface area contributed by atoms with Gasteiger partial charge in [0.2, 0.25) is 0 Å². The zero-order valence-corrected chi connectivity index (χ0v) is 15.1. The van der Waals surface area contributed by atoms with Gasteiger partial charge in [0.25, 0.3) is 5.91 Å². The largest absolute Gasteiger partial charge is 0.482 e. The minimum absolute atomic E-state index is 0.00959. The van der Waals surface area contributed by atoms with E-state index in [9.17, 15) is 22.8 Å². The molecule has 2 amide bonds. The molecule has 0 spiro atoms. The fourth-order valence-corrected chi connectivity index (χ4v) is 3.03. The van der Waals surface area contributed by atoms with Crippen LogP contribution in [0, 0.1) is 5.92 Å². The van der Waals surface area contributed by atoms with Crippen LogP contribution in [0.3, 0.4) is 0 Å². The summed E-state index contributed by atoms with van der Waals surface area (Å²) in [6.45, 7) is 0.114. The van der Waals surface area contributed by atoms with Gasteiger partial charge in [0, 0.05) is 24.7 Å². The van der Waals surface area contributed by atoms with E-state index in [0.717, 1.165) is 4.90 Å². The summed E-state index contributed by atoms with van der Waals surface area (Å²) < 4.78 is 42.4. The second-order valence-corrected chi connectivity index (χ2v) is 6.74. The minimum Gasteiger partial charge on any atom is -0.482 e. The smallest absolute Gasteiger partial charge is 0.471 e. The van der Waals surface area contributed by atoms with E-state index in [-0.39, 0.29) is 36.5 Å². The Kier molecular flexibility index (Phi) is 7.00. The second-order valence-electron chi connectivity index (χ2n) is 5.90. The number of rotatable bonds is 5. The van der Waals surface area contributed by atoms with Gasteiger partial charge >= 0.3 is 12.1 Å². The van der Waals surface area contributed by atoms with Gasteiger partial charge in [0.15, 0.2) is 6.61 Å². The normalized spacial score (nSPS) is 15.7. The molecule has 0 saturated carbocycles. The molecule has 0 aliphatic carbocycles. The van der Waals surface area contributed by atoms with Crippen LogP contribution in [0.2, 0.25) is 10.0 Å². The van der Waals surface area contributed by atoms with Gasteiger partial charge in [-0.25, -0.2) is 0 Å². The number of benzene rings is 1. The highest BCUT2D eigenvalue weighted by Crippen LogP contribution is 2.27. The molecule has 1 aromatic carbocycles. The molecule has 1 heterocycles. The van der Waals surface area contributed by atoms with Crippen LogP contribution in [0.4, 0.5) is 13.2 Å². The molecule has 0 radical (unpaired) electrons. The van der Waals surface area contributed by atoms with E-state index >= 15 is 0 Å². The van der Waals surface area contributed by atoms with Crippen molar-refractivity contribution in [2.45, 2.75) is 19.0 Å². The van der Waals surface area contributed by atoms with Crippen LogP contribution in [0.25, 0.3) is 0 Å². The van der Waals surface area contributed by atoms with Gasteiger partial charge in [-0.1, -0.05) is 23.2 Å². The summed E-state index contributed by atoms with van der Waals surface area (Å²) in [5.41, 5.74) is 0. The van der Waals surface area contributed by atoms with Crippen molar-refractivity contribution < 1.29 is 27.5 Å². The zero-order valence-electron chi connectivity index (χ0n) is 13.6. The number of likely N-dealkylation sites (tertiary alicyclic amines) is 1. The average Bonchev–Trinajstić information content (AvgIpc) is 2.58. The molecule has 5 nitrogen and oxygen atoms in total. The van der Waals surface area contributed by atoms with Gasteiger partial charge < -0.3 is 15.0 Å². The lowest BCUT2D eigenvalue weighted by Crippen LogP contribution is -2.46. The van der Waals surface area contributed by atoms with Crippen LogP contribution in [0.5, 0.6) is 5.75 Å². The number of piperidine rings is 1. The lowest BCUT2D eigenvalue weighted by atomic mass is 9.96. The molecule has 10 heteroatoms. The Bertz CT molecular complexity index is 663. The maximum absolute atomic E-state index is 12.4. The molecule has 144 valence electrons. The third-order valence-electron chi connectivity index (χ3n) is 3.98. The van der Waals surface area contributed by atoms with Gasteiger partial charge in [0.1, 0.15) is 5.75 Å². The molecule has 1 aromatic rings. The van der Waals surface area contributed by atoms with Crippen LogP contribution in [0.1, 0.15) is 12.8 Å². The summed E-state index contributed by atoms with van der Waals surface area (Å²) in [6.07, 6.45) is -4.06. The number of alkyl halides is 3. The predicted octanol–water partition coefficient (Wildman–Crippen LogP) is 3.29. The van der Waals surface area contributed by atoms with Gasteiger partial charge in [-0.05, 0) is 37.0 Å². The molecule has 0 aromatic heterocycles. The van der Waals surface area contributed by atoms with Crippen LogP contribution < -0.4 is 10.1 Å². The van der Waals surface area contributed by atoms with Gasteiger partial charge in [-0.15, -0.1) is 0 Å². The third kappa shape index (κ3) is 5.95. The van der Waals surface area contributed by atoms with Crippen LogP contribution >= 0.6 is 23.2 Å². The molecular formula is C16H17Cl2F3N2O3. The van der Waals surface area contributed by atoms with Crippen LogP contribution in [-0.2, 0) is 9.59 Å². The van der Waals surface area contributed by atoms with Gasteiger partial charge in [0.05, 0.1) is 5.02 Å². The fraction of sp³-hybridized carbons (Fsp3) is 0.500. The average molecular weight is 413 g/mol. The van der Waals surface area contributed by atoms with E-state index in [0.29, 0.717) is 30.2 Å². The second kappa shape index (κ2) is 8.81. The van der Waals surface area contributed by atoms with E-state index in [2.05, 4.69) is 5.32 Å². The number of nitrogens with one attached hydrogen (secondary N) is 1. The number of nitrogens with zero attached hydrogens (tertiary/aromatic N) is 1. The lowest BCUT2D eigenvalue weighted by molar-refractivity contribution is -0.186. The first-order chi connectivity index (χ1) is 12.2. The van der Waals surface area contributed by atoms with E-state index in [1.807, 2.05) is 0 Å². The Morgan fingerprint density at radius 1 is 1.23 bits per heavy atom. The molecule has 1 aliphatic rings. The number of carbonyl (C=O) groups is 2. The maximum Gasteiger partial charge on any atom is 0.471 e. The lowest BCUT2D eigenvalue weighted by Gasteiger charge is -2.32. The molecule has 1 N–H and O–H groups in total. The van der Waals surface area contributed by atoms with Crippen molar-refractivity contribution in [1.82, 2.24) is 10.2 Å². The van der Waals surface area contributed by atoms with E-state index < -0.39 is 12.1 Å². The summed E-state index contributed by atoms with van der Waals surface area (Å²) in [4.78, 5) is 23.8. The summed E-state index contributed by atoms with van der Waals surface area (Å²) >= 11 is 11.7. The molecule has 0 atom stereocenters. The monoisotopic (exact) mass is 412 g/mol.